The van der Waals surface area contributed by atoms with Gasteiger partial charge in [0, 0.05) is 18.0 Å². The van der Waals surface area contributed by atoms with Crippen molar-refractivity contribution in [2.75, 3.05) is 0 Å². The summed E-state index contributed by atoms with van der Waals surface area (Å²) in [5, 5.41) is 3.94. The number of hydrogen-bond donors (Lipinski definition) is 3. The van der Waals surface area contributed by atoms with Crippen LogP contribution in [0, 0.1) is 12.7 Å². The number of halogens is 1. The van der Waals surface area contributed by atoms with Crippen LogP contribution >= 0.6 is 0 Å². The first-order valence-corrected chi connectivity index (χ1v) is 7.57. The lowest BCUT2D eigenvalue weighted by atomic mass is 10.2. The van der Waals surface area contributed by atoms with Gasteiger partial charge in [-0.1, -0.05) is 12.1 Å². The van der Waals surface area contributed by atoms with Crippen LogP contribution in [0.1, 0.15) is 26.7 Å². The topological polar surface area (TPSA) is 109 Å². The van der Waals surface area contributed by atoms with Gasteiger partial charge in [0.15, 0.2) is 5.69 Å². The minimum absolute atomic E-state index is 0.0921. The fourth-order valence-electron chi connectivity index (χ4n) is 2.28. The number of hydrazine groups is 1. The Bertz CT molecular complexity index is 1030. The molecule has 0 saturated heterocycles. The molecule has 0 radical (unpaired) electrons. The van der Waals surface area contributed by atoms with Crippen LogP contribution in [0.5, 0.6) is 0 Å². The number of para-hydroxylation sites is 1. The Kier molecular flexibility index (Phi) is 4.61. The van der Waals surface area contributed by atoms with Gasteiger partial charge in [-0.25, -0.2) is 9.07 Å². The summed E-state index contributed by atoms with van der Waals surface area (Å²) in [5.41, 5.74) is 3.82. The molecule has 0 fully saturated rings. The van der Waals surface area contributed by atoms with Gasteiger partial charge in [-0.05, 0) is 31.2 Å². The van der Waals surface area contributed by atoms with Gasteiger partial charge in [0.2, 0.25) is 5.43 Å². The van der Waals surface area contributed by atoms with Crippen LogP contribution < -0.4 is 16.3 Å². The number of aryl methyl sites for hydroxylation is 1. The molecule has 0 atom stereocenters. The van der Waals surface area contributed by atoms with E-state index in [2.05, 4.69) is 20.9 Å². The van der Waals surface area contributed by atoms with E-state index in [1.807, 2.05) is 0 Å². The maximum absolute atomic E-state index is 14.0. The Labute approximate surface area is 146 Å². The molecule has 1 aromatic carbocycles. The molecular formula is C17H14FN5O3. The van der Waals surface area contributed by atoms with E-state index in [9.17, 15) is 18.8 Å². The molecule has 0 aliphatic carbocycles. The predicted octanol–water partition coefficient (Wildman–Crippen LogP) is 1.08. The predicted molar refractivity (Wildman–Crippen MR) is 90.3 cm³/mol. The molecule has 2 amide bonds. The summed E-state index contributed by atoms with van der Waals surface area (Å²) in [6.45, 7) is 1.57. The van der Waals surface area contributed by atoms with Crippen LogP contribution in [0.25, 0.3) is 5.69 Å². The quantitative estimate of drug-likeness (QED) is 0.611. The minimum Gasteiger partial charge on any atom is -0.357 e. The molecule has 0 unspecified atom stereocenters. The van der Waals surface area contributed by atoms with Crippen molar-refractivity contribution in [2.24, 2.45) is 0 Å². The Hall–Kier alpha value is -3.75. The summed E-state index contributed by atoms with van der Waals surface area (Å²) in [6.07, 6.45) is 1.55. The van der Waals surface area contributed by atoms with E-state index < -0.39 is 28.8 Å². The Morgan fingerprint density at radius 3 is 2.54 bits per heavy atom. The molecule has 2 aromatic heterocycles. The van der Waals surface area contributed by atoms with Gasteiger partial charge in [-0.15, -0.1) is 0 Å². The van der Waals surface area contributed by atoms with Crippen LogP contribution in [0.15, 0.2) is 53.5 Å². The zero-order valence-electron chi connectivity index (χ0n) is 13.6. The van der Waals surface area contributed by atoms with Gasteiger partial charge in [0.1, 0.15) is 17.2 Å². The molecule has 3 aromatic rings. The molecule has 132 valence electrons. The number of benzene rings is 1. The smallest absolute Gasteiger partial charge is 0.294 e. The number of hydrogen-bond acceptors (Lipinski definition) is 4. The second-order valence-corrected chi connectivity index (χ2v) is 5.35. The van der Waals surface area contributed by atoms with E-state index in [1.54, 1.807) is 25.3 Å². The summed E-state index contributed by atoms with van der Waals surface area (Å²) < 4.78 is 15.2. The molecule has 3 N–H and O–H groups in total. The average molecular weight is 355 g/mol. The fourth-order valence-corrected chi connectivity index (χ4v) is 2.28. The third-order valence-corrected chi connectivity index (χ3v) is 3.54. The lowest BCUT2D eigenvalue weighted by Crippen LogP contribution is -2.44. The average Bonchev–Trinajstić information content (AvgIpc) is 3.15. The maximum atomic E-state index is 14.0. The number of amides is 2. The largest absolute Gasteiger partial charge is 0.357 e. The van der Waals surface area contributed by atoms with Gasteiger partial charge in [0.05, 0.1) is 0 Å². The molecule has 0 saturated carbocycles. The van der Waals surface area contributed by atoms with Crippen molar-refractivity contribution in [1.29, 1.82) is 0 Å². The van der Waals surface area contributed by atoms with Gasteiger partial charge >= 0.3 is 0 Å². The molecule has 9 heteroatoms. The van der Waals surface area contributed by atoms with Crippen molar-refractivity contribution < 1.29 is 14.0 Å². The number of aromatic nitrogens is 3. The van der Waals surface area contributed by atoms with E-state index in [0.29, 0.717) is 5.69 Å². The summed E-state index contributed by atoms with van der Waals surface area (Å²) in [7, 11) is 0. The highest BCUT2D eigenvalue weighted by molar-refractivity contribution is 5.97. The first-order chi connectivity index (χ1) is 12.5. The van der Waals surface area contributed by atoms with E-state index in [0.717, 1.165) is 4.68 Å². The third kappa shape index (κ3) is 3.36. The molecule has 0 aliphatic heterocycles. The van der Waals surface area contributed by atoms with Crippen molar-refractivity contribution in [1.82, 2.24) is 25.6 Å². The van der Waals surface area contributed by atoms with Crippen LogP contribution in [0.4, 0.5) is 4.39 Å². The van der Waals surface area contributed by atoms with E-state index in [4.69, 9.17) is 0 Å². The third-order valence-electron chi connectivity index (χ3n) is 3.54. The zero-order valence-corrected chi connectivity index (χ0v) is 13.6. The van der Waals surface area contributed by atoms with Crippen LogP contribution in [0.2, 0.25) is 0 Å². The minimum atomic E-state index is -0.917. The molecule has 2 heterocycles. The van der Waals surface area contributed by atoms with Crippen LogP contribution in [0.3, 0.4) is 0 Å². The highest BCUT2D eigenvalue weighted by Crippen LogP contribution is 2.12. The highest BCUT2D eigenvalue weighted by atomic mass is 19.1. The van der Waals surface area contributed by atoms with Gasteiger partial charge < -0.3 is 4.98 Å². The van der Waals surface area contributed by atoms with Crippen molar-refractivity contribution in [3.05, 3.63) is 81.8 Å². The first kappa shape index (κ1) is 17.1. The lowest BCUT2D eigenvalue weighted by molar-refractivity contribution is 0.0840. The van der Waals surface area contributed by atoms with Crippen LogP contribution in [-0.2, 0) is 0 Å². The van der Waals surface area contributed by atoms with Crippen molar-refractivity contribution >= 4 is 11.8 Å². The number of nitrogens with zero attached hydrogens (tertiary/aromatic N) is 2. The number of nitrogens with one attached hydrogen (secondary N) is 3. The van der Waals surface area contributed by atoms with Crippen molar-refractivity contribution in [3.63, 3.8) is 0 Å². The van der Waals surface area contributed by atoms with Crippen LogP contribution in [-0.4, -0.2) is 26.6 Å². The number of aromatic amines is 1. The Morgan fingerprint density at radius 2 is 1.85 bits per heavy atom. The fraction of sp³-hybridized carbons (Fsp3) is 0.0588. The van der Waals surface area contributed by atoms with Crippen molar-refractivity contribution in [2.45, 2.75) is 6.92 Å². The zero-order chi connectivity index (χ0) is 18.7. The molecule has 3 rings (SSSR count). The van der Waals surface area contributed by atoms with E-state index in [-0.39, 0.29) is 11.4 Å². The highest BCUT2D eigenvalue weighted by Gasteiger charge is 2.17. The number of carbonyl (C=O) groups excluding carboxylic acids is 2. The van der Waals surface area contributed by atoms with Gasteiger partial charge in [-0.3, -0.25) is 25.2 Å². The summed E-state index contributed by atoms with van der Waals surface area (Å²) in [4.78, 5) is 38.8. The summed E-state index contributed by atoms with van der Waals surface area (Å²) in [6, 6.07) is 10.1. The molecule has 0 bridgehead atoms. The number of rotatable bonds is 3. The first-order valence-electron chi connectivity index (χ1n) is 7.57. The Balaban J connectivity index is 1.87. The van der Waals surface area contributed by atoms with Crippen molar-refractivity contribution in [3.8, 4) is 5.69 Å². The number of H-pyrrole nitrogens is 1. The standard InChI is InChI=1S/C17H14FN5O3/c1-10-9-14(24)15(22-23(10)13-7-3-2-5-11(13)18)17(26)21-20-16(25)12-6-4-8-19-12/h2-9,19H,1H3,(H,20,25)(H,21,26). The van der Waals surface area contributed by atoms with Gasteiger partial charge in [0.25, 0.3) is 11.8 Å². The van der Waals surface area contributed by atoms with E-state index >= 15 is 0 Å². The second kappa shape index (κ2) is 7.01. The molecular weight excluding hydrogens is 341 g/mol. The second-order valence-electron chi connectivity index (χ2n) is 5.35. The normalized spacial score (nSPS) is 10.4. The monoisotopic (exact) mass is 355 g/mol. The maximum Gasteiger partial charge on any atom is 0.294 e. The Morgan fingerprint density at radius 1 is 1.12 bits per heavy atom. The summed E-state index contributed by atoms with van der Waals surface area (Å²) in [5.74, 6) is -2.07. The SMILES string of the molecule is Cc1cc(=O)c(C(=O)NNC(=O)c2ccc[nH]2)nn1-c1ccccc1F. The molecule has 8 nitrogen and oxygen atoms in total. The number of carbonyl (C=O) groups is 2. The molecule has 0 spiro atoms. The summed E-state index contributed by atoms with van der Waals surface area (Å²) >= 11 is 0. The van der Waals surface area contributed by atoms with E-state index in [1.165, 1.54) is 30.3 Å². The molecule has 26 heavy (non-hydrogen) atoms. The molecule has 0 aliphatic rings. The lowest BCUT2D eigenvalue weighted by Gasteiger charge is -2.12. The van der Waals surface area contributed by atoms with Gasteiger partial charge in [-0.2, -0.15) is 5.10 Å².